The summed E-state index contributed by atoms with van der Waals surface area (Å²) in [5, 5.41) is 10.4. The van der Waals surface area contributed by atoms with Crippen molar-refractivity contribution in [2.45, 2.75) is 63.7 Å². The number of rotatable bonds is 5. The van der Waals surface area contributed by atoms with Crippen LogP contribution in [-0.4, -0.2) is 49.5 Å². The van der Waals surface area contributed by atoms with E-state index in [-0.39, 0.29) is 17.2 Å². The second-order valence-electron chi connectivity index (χ2n) is 6.73. The third-order valence-electron chi connectivity index (χ3n) is 4.84. The molecule has 2 aromatic rings. The minimum atomic E-state index is -1.28. The van der Waals surface area contributed by atoms with E-state index in [1.54, 1.807) is 0 Å². The van der Waals surface area contributed by atoms with Crippen molar-refractivity contribution in [3.63, 3.8) is 0 Å². The highest BCUT2D eigenvalue weighted by atomic mass is 32.1. The van der Waals surface area contributed by atoms with Gasteiger partial charge in [-0.2, -0.15) is 4.98 Å². The van der Waals surface area contributed by atoms with Crippen LogP contribution < -0.4 is 16.3 Å². The number of hydrogen-bond acceptors (Lipinski definition) is 10. The Morgan fingerprint density at radius 1 is 1.63 bits per heavy atom. The number of carbonyl (C=O) groups excluding carboxylic acids is 1. The summed E-state index contributed by atoms with van der Waals surface area (Å²) in [5.74, 6) is -0.429. The SMILES string of the molecule is CC[C@H](OC(C)=O)C1CC(N)([C@@H](C)O)C(n2c(=O)sc3cnc(N)nc32)O1. The molecule has 1 aliphatic heterocycles. The van der Waals surface area contributed by atoms with Crippen molar-refractivity contribution in [2.75, 3.05) is 5.73 Å². The Bertz CT molecular complexity index is 912. The highest BCUT2D eigenvalue weighted by molar-refractivity contribution is 7.16. The summed E-state index contributed by atoms with van der Waals surface area (Å²) in [7, 11) is 0. The first-order valence-electron chi connectivity index (χ1n) is 8.60. The molecule has 10 nitrogen and oxygen atoms in total. The molecule has 0 aromatic carbocycles. The van der Waals surface area contributed by atoms with Crippen molar-refractivity contribution in [1.29, 1.82) is 0 Å². The van der Waals surface area contributed by atoms with Gasteiger partial charge in [-0.15, -0.1) is 0 Å². The standard InChI is InChI=1S/C16H23N5O5S/c1-4-9(25-8(3)23)10-5-16(18,7(2)22)13(26-10)21-12-11(27-15(21)24)6-19-14(17)20-12/h6-7,9-10,13,22H,4-5,18H2,1-3H3,(H2,17,19,20)/t7-,9+,10?,13?,16?/m1/s1. The molecule has 1 fully saturated rings. The molecule has 0 amide bonds. The van der Waals surface area contributed by atoms with Crippen LogP contribution in [0.5, 0.6) is 0 Å². The smallest absolute Gasteiger partial charge is 0.311 e. The predicted octanol–water partition coefficient (Wildman–Crippen LogP) is 0.143. The molecule has 0 bridgehead atoms. The molecule has 1 saturated heterocycles. The summed E-state index contributed by atoms with van der Waals surface area (Å²) in [5.41, 5.74) is 11.2. The Morgan fingerprint density at radius 2 is 2.33 bits per heavy atom. The van der Waals surface area contributed by atoms with Crippen LogP contribution in [0.25, 0.3) is 10.3 Å². The van der Waals surface area contributed by atoms with Crippen LogP contribution >= 0.6 is 11.3 Å². The molecular formula is C16H23N5O5S. The first-order chi connectivity index (χ1) is 12.7. The van der Waals surface area contributed by atoms with Gasteiger partial charge in [0.25, 0.3) is 0 Å². The van der Waals surface area contributed by atoms with Gasteiger partial charge in [0.05, 0.1) is 28.6 Å². The Kier molecular flexibility index (Phi) is 5.21. The monoisotopic (exact) mass is 397 g/mol. The first kappa shape index (κ1) is 19.7. The van der Waals surface area contributed by atoms with Gasteiger partial charge in [0, 0.05) is 13.3 Å². The number of aliphatic hydroxyl groups is 1. The molecule has 1 aliphatic rings. The van der Waals surface area contributed by atoms with E-state index in [4.69, 9.17) is 20.9 Å². The number of fused-ring (bicyclic) bond motifs is 1. The topological polar surface area (TPSA) is 156 Å². The largest absolute Gasteiger partial charge is 0.460 e. The number of carbonyl (C=O) groups is 1. The molecule has 3 unspecified atom stereocenters. The summed E-state index contributed by atoms with van der Waals surface area (Å²) in [4.78, 5) is 31.7. The Morgan fingerprint density at radius 3 is 2.93 bits per heavy atom. The van der Waals surface area contributed by atoms with Gasteiger partial charge in [0.2, 0.25) is 5.95 Å². The number of aromatic nitrogens is 3. The lowest BCUT2D eigenvalue weighted by Gasteiger charge is -2.32. The summed E-state index contributed by atoms with van der Waals surface area (Å²) in [6, 6.07) is 0. The lowest BCUT2D eigenvalue weighted by Crippen LogP contribution is -2.54. The van der Waals surface area contributed by atoms with Crippen LogP contribution in [0.15, 0.2) is 11.0 Å². The number of anilines is 1. The van der Waals surface area contributed by atoms with Gasteiger partial charge in [0.15, 0.2) is 11.9 Å². The summed E-state index contributed by atoms with van der Waals surface area (Å²) >= 11 is 0.937. The molecule has 0 spiro atoms. The van der Waals surface area contributed by atoms with Gasteiger partial charge >= 0.3 is 10.8 Å². The molecule has 3 rings (SSSR count). The molecule has 3 heterocycles. The summed E-state index contributed by atoms with van der Waals surface area (Å²) in [6.45, 7) is 4.70. The van der Waals surface area contributed by atoms with E-state index in [0.717, 1.165) is 11.3 Å². The average molecular weight is 397 g/mol. The van der Waals surface area contributed by atoms with Gasteiger partial charge in [-0.05, 0) is 13.3 Å². The Labute approximate surface area is 159 Å². The third-order valence-corrected chi connectivity index (χ3v) is 5.72. The summed E-state index contributed by atoms with van der Waals surface area (Å²) in [6.07, 6.45) is -0.960. The van der Waals surface area contributed by atoms with E-state index in [1.807, 2.05) is 6.92 Å². The molecule has 0 saturated carbocycles. The summed E-state index contributed by atoms with van der Waals surface area (Å²) < 4.78 is 13.2. The maximum absolute atomic E-state index is 12.6. The number of nitrogens with zero attached hydrogens (tertiary/aromatic N) is 3. The molecule has 11 heteroatoms. The molecule has 0 radical (unpaired) electrons. The fourth-order valence-electron chi connectivity index (χ4n) is 3.38. The number of hydrogen-bond donors (Lipinski definition) is 3. The Balaban J connectivity index is 2.08. The lowest BCUT2D eigenvalue weighted by molar-refractivity contribution is -0.156. The lowest BCUT2D eigenvalue weighted by atomic mass is 9.87. The predicted molar refractivity (Wildman–Crippen MR) is 99.1 cm³/mol. The normalized spacial score (nSPS) is 27.6. The van der Waals surface area contributed by atoms with Crippen molar-refractivity contribution >= 4 is 33.6 Å². The zero-order valence-corrected chi connectivity index (χ0v) is 16.1. The number of aliphatic hydroxyl groups excluding tert-OH is 1. The second kappa shape index (κ2) is 7.15. The fourth-order valence-corrected chi connectivity index (χ4v) is 4.19. The van der Waals surface area contributed by atoms with Crippen LogP contribution in [-0.2, 0) is 14.3 Å². The zero-order chi connectivity index (χ0) is 19.9. The van der Waals surface area contributed by atoms with Crippen molar-refractivity contribution in [3.8, 4) is 0 Å². The maximum Gasteiger partial charge on any atom is 0.311 e. The first-order valence-corrected chi connectivity index (χ1v) is 9.42. The average Bonchev–Trinajstić information content (AvgIpc) is 3.09. The molecule has 27 heavy (non-hydrogen) atoms. The molecule has 2 aromatic heterocycles. The molecule has 5 atom stereocenters. The minimum Gasteiger partial charge on any atom is -0.460 e. The van der Waals surface area contributed by atoms with Gasteiger partial charge < -0.3 is 26.0 Å². The van der Waals surface area contributed by atoms with Crippen LogP contribution in [0.1, 0.15) is 39.8 Å². The van der Waals surface area contributed by atoms with Gasteiger partial charge in [-0.25, -0.2) is 4.98 Å². The van der Waals surface area contributed by atoms with E-state index < -0.39 is 36.0 Å². The van der Waals surface area contributed by atoms with Gasteiger partial charge in [0.1, 0.15) is 6.10 Å². The van der Waals surface area contributed by atoms with Gasteiger partial charge in [-0.3, -0.25) is 14.2 Å². The van der Waals surface area contributed by atoms with Crippen molar-refractivity contribution in [3.05, 3.63) is 15.9 Å². The zero-order valence-electron chi connectivity index (χ0n) is 15.3. The molecule has 5 N–H and O–H groups in total. The highest BCUT2D eigenvalue weighted by Gasteiger charge is 2.53. The van der Waals surface area contributed by atoms with E-state index in [9.17, 15) is 14.7 Å². The maximum atomic E-state index is 12.6. The highest BCUT2D eigenvalue weighted by Crippen LogP contribution is 2.41. The van der Waals surface area contributed by atoms with Gasteiger partial charge in [-0.1, -0.05) is 18.3 Å². The number of nitrogen functional groups attached to an aromatic ring is 1. The number of nitrogens with two attached hydrogens (primary N) is 2. The number of esters is 1. The van der Waals surface area contributed by atoms with Crippen molar-refractivity contribution in [1.82, 2.24) is 14.5 Å². The van der Waals surface area contributed by atoms with E-state index >= 15 is 0 Å². The quantitative estimate of drug-likeness (QED) is 0.597. The van der Waals surface area contributed by atoms with Crippen molar-refractivity contribution in [2.24, 2.45) is 5.73 Å². The van der Waals surface area contributed by atoms with Crippen LogP contribution in [0, 0.1) is 0 Å². The minimum absolute atomic E-state index is 0.00890. The third kappa shape index (κ3) is 3.43. The van der Waals surface area contributed by atoms with Crippen molar-refractivity contribution < 1.29 is 19.4 Å². The molecule has 148 valence electrons. The number of thiazole rings is 1. The fraction of sp³-hybridized carbons (Fsp3) is 0.625. The van der Waals surface area contributed by atoms with E-state index in [1.165, 1.54) is 24.6 Å². The van der Waals surface area contributed by atoms with Crippen LogP contribution in [0.3, 0.4) is 0 Å². The number of ether oxygens (including phenoxy) is 2. The van der Waals surface area contributed by atoms with Crippen LogP contribution in [0.2, 0.25) is 0 Å². The van der Waals surface area contributed by atoms with Crippen LogP contribution in [0.4, 0.5) is 5.95 Å². The Hall–Kier alpha value is -2.08. The van der Waals surface area contributed by atoms with E-state index in [2.05, 4.69) is 9.97 Å². The van der Waals surface area contributed by atoms with E-state index in [0.29, 0.717) is 16.8 Å². The molecular weight excluding hydrogens is 374 g/mol. The second-order valence-corrected chi connectivity index (χ2v) is 7.72. The molecule has 0 aliphatic carbocycles.